The molecule has 7 nitrogen and oxygen atoms in total. The molecule has 1 fully saturated rings. The van der Waals surface area contributed by atoms with Crippen LogP contribution in [0, 0.1) is 0 Å². The molecule has 0 spiro atoms. The molecule has 2 aromatic rings. The van der Waals surface area contributed by atoms with E-state index >= 15 is 0 Å². The largest absolute Gasteiger partial charge is 0.338 e. The molecule has 0 saturated heterocycles. The summed E-state index contributed by atoms with van der Waals surface area (Å²) in [5.74, 6) is 1.60. The van der Waals surface area contributed by atoms with E-state index in [2.05, 4.69) is 25.3 Å². The first-order valence-corrected chi connectivity index (χ1v) is 6.24. The summed E-state index contributed by atoms with van der Waals surface area (Å²) in [6.45, 7) is 0.547. The zero-order chi connectivity index (χ0) is 12.4. The van der Waals surface area contributed by atoms with Crippen LogP contribution in [-0.2, 0) is 5.41 Å². The summed E-state index contributed by atoms with van der Waals surface area (Å²) in [5, 5.41) is 10.4. The number of aromatic nitrogens is 5. The van der Waals surface area contributed by atoms with Gasteiger partial charge in [-0.1, -0.05) is 24.4 Å². The first kappa shape index (κ1) is 11.3. The molecule has 96 valence electrons. The Morgan fingerprint density at radius 2 is 2.17 bits per heavy atom. The molecule has 0 amide bonds. The maximum Gasteiger partial charge on any atom is 0.239 e. The van der Waals surface area contributed by atoms with Crippen molar-refractivity contribution < 1.29 is 4.52 Å². The molecule has 0 bridgehead atoms. The molecule has 2 heterocycles. The Kier molecular flexibility index (Phi) is 2.83. The lowest BCUT2D eigenvalue weighted by Crippen LogP contribution is -2.37. The topological polar surface area (TPSA) is 107 Å². The van der Waals surface area contributed by atoms with Gasteiger partial charge in [0.1, 0.15) is 6.33 Å². The van der Waals surface area contributed by atoms with Gasteiger partial charge in [-0.25, -0.2) is 4.98 Å². The van der Waals surface area contributed by atoms with Crippen LogP contribution in [0.5, 0.6) is 0 Å². The van der Waals surface area contributed by atoms with Crippen molar-refractivity contribution in [3.63, 3.8) is 0 Å². The molecule has 1 aliphatic rings. The zero-order valence-corrected chi connectivity index (χ0v) is 10.1. The summed E-state index contributed by atoms with van der Waals surface area (Å²) in [4.78, 5) is 8.44. The van der Waals surface area contributed by atoms with Crippen LogP contribution in [0.1, 0.15) is 38.0 Å². The molecule has 1 aliphatic carbocycles. The molecule has 3 N–H and O–H groups in total. The maximum atomic E-state index is 5.93. The second-order valence-corrected chi connectivity index (χ2v) is 4.80. The molecule has 0 aliphatic heterocycles. The van der Waals surface area contributed by atoms with Gasteiger partial charge in [0.25, 0.3) is 0 Å². The molecule has 7 heteroatoms. The van der Waals surface area contributed by atoms with E-state index in [0.29, 0.717) is 24.1 Å². The molecule has 0 radical (unpaired) electrons. The number of nitrogens with two attached hydrogens (primary N) is 1. The lowest BCUT2D eigenvalue weighted by atomic mass is 9.74. The number of nitrogens with zero attached hydrogens (tertiary/aromatic N) is 4. The highest BCUT2D eigenvalue weighted by molar-refractivity contribution is 5.40. The standard InChI is InChI=1S/C11H16N6O/c12-6-11(4-2-1-3-5-11)10-15-9(17-18-10)8-13-7-14-16-8/h7H,1-6,12H2,(H,13,14,16). The van der Waals surface area contributed by atoms with Gasteiger partial charge in [-0.05, 0) is 12.8 Å². The van der Waals surface area contributed by atoms with Crippen molar-refractivity contribution in [1.29, 1.82) is 0 Å². The third-order valence-corrected chi connectivity index (χ3v) is 3.71. The highest BCUT2D eigenvalue weighted by atomic mass is 16.5. The van der Waals surface area contributed by atoms with Crippen LogP contribution in [0.25, 0.3) is 11.6 Å². The van der Waals surface area contributed by atoms with E-state index in [1.54, 1.807) is 0 Å². The maximum absolute atomic E-state index is 5.93. The molecule has 18 heavy (non-hydrogen) atoms. The summed E-state index contributed by atoms with van der Waals surface area (Å²) in [7, 11) is 0. The zero-order valence-electron chi connectivity index (χ0n) is 10.1. The molecule has 0 unspecified atom stereocenters. The van der Waals surface area contributed by atoms with Gasteiger partial charge in [0.15, 0.2) is 5.82 Å². The van der Waals surface area contributed by atoms with E-state index in [0.717, 1.165) is 25.7 Å². The van der Waals surface area contributed by atoms with E-state index in [9.17, 15) is 0 Å². The smallest absolute Gasteiger partial charge is 0.239 e. The van der Waals surface area contributed by atoms with E-state index in [4.69, 9.17) is 10.3 Å². The van der Waals surface area contributed by atoms with E-state index in [-0.39, 0.29) is 5.41 Å². The highest BCUT2D eigenvalue weighted by Crippen LogP contribution is 2.38. The molecule has 3 rings (SSSR count). The van der Waals surface area contributed by atoms with Crippen molar-refractivity contribution in [3.8, 4) is 11.6 Å². The molecule has 0 atom stereocenters. The van der Waals surface area contributed by atoms with Crippen LogP contribution in [0.3, 0.4) is 0 Å². The van der Waals surface area contributed by atoms with Crippen LogP contribution >= 0.6 is 0 Å². The minimum absolute atomic E-state index is 0.149. The Labute approximate surface area is 104 Å². The van der Waals surface area contributed by atoms with Crippen LogP contribution in [0.15, 0.2) is 10.9 Å². The summed E-state index contributed by atoms with van der Waals surface area (Å²) >= 11 is 0. The number of H-pyrrole nitrogens is 1. The fourth-order valence-corrected chi connectivity index (χ4v) is 2.58. The average molecular weight is 248 g/mol. The monoisotopic (exact) mass is 248 g/mol. The third-order valence-electron chi connectivity index (χ3n) is 3.71. The van der Waals surface area contributed by atoms with Gasteiger partial charge in [-0.3, -0.25) is 5.10 Å². The summed E-state index contributed by atoms with van der Waals surface area (Å²) < 4.78 is 5.39. The Hall–Kier alpha value is -1.76. The Morgan fingerprint density at radius 3 is 2.83 bits per heavy atom. The lowest BCUT2D eigenvalue weighted by molar-refractivity contribution is 0.220. The number of nitrogens with one attached hydrogen (secondary N) is 1. The fraction of sp³-hybridized carbons (Fsp3) is 0.636. The van der Waals surface area contributed by atoms with Gasteiger partial charge >= 0.3 is 0 Å². The van der Waals surface area contributed by atoms with Crippen LogP contribution in [0.4, 0.5) is 0 Å². The van der Waals surface area contributed by atoms with Gasteiger partial charge in [-0.2, -0.15) is 10.1 Å². The van der Waals surface area contributed by atoms with Crippen molar-refractivity contribution >= 4 is 0 Å². The van der Waals surface area contributed by atoms with Crippen molar-refractivity contribution in [1.82, 2.24) is 25.3 Å². The fourth-order valence-electron chi connectivity index (χ4n) is 2.58. The highest BCUT2D eigenvalue weighted by Gasteiger charge is 2.38. The Bertz CT molecular complexity index is 499. The second kappa shape index (κ2) is 4.49. The minimum Gasteiger partial charge on any atom is -0.338 e. The van der Waals surface area contributed by atoms with Gasteiger partial charge < -0.3 is 10.3 Å². The summed E-state index contributed by atoms with van der Waals surface area (Å²) in [5.41, 5.74) is 5.79. The van der Waals surface area contributed by atoms with Gasteiger partial charge in [0, 0.05) is 6.54 Å². The number of hydrogen-bond donors (Lipinski definition) is 2. The molecular formula is C11H16N6O. The lowest BCUT2D eigenvalue weighted by Gasteiger charge is -2.32. The number of hydrogen-bond acceptors (Lipinski definition) is 6. The third kappa shape index (κ3) is 1.80. The minimum atomic E-state index is -0.149. The van der Waals surface area contributed by atoms with E-state index < -0.39 is 0 Å². The Balaban J connectivity index is 1.92. The van der Waals surface area contributed by atoms with Gasteiger partial charge in [-0.15, -0.1) is 0 Å². The van der Waals surface area contributed by atoms with E-state index in [1.807, 2.05) is 0 Å². The second-order valence-electron chi connectivity index (χ2n) is 4.80. The van der Waals surface area contributed by atoms with E-state index in [1.165, 1.54) is 12.7 Å². The van der Waals surface area contributed by atoms with Gasteiger partial charge in [0.2, 0.25) is 11.7 Å². The number of aromatic amines is 1. The van der Waals surface area contributed by atoms with Crippen molar-refractivity contribution in [3.05, 3.63) is 12.2 Å². The molecular weight excluding hydrogens is 232 g/mol. The molecule has 0 aromatic carbocycles. The Morgan fingerprint density at radius 1 is 1.33 bits per heavy atom. The van der Waals surface area contributed by atoms with Crippen molar-refractivity contribution in [2.75, 3.05) is 6.54 Å². The summed E-state index contributed by atoms with van der Waals surface area (Å²) in [6, 6.07) is 0. The predicted molar refractivity (Wildman–Crippen MR) is 63.5 cm³/mol. The molecule has 1 saturated carbocycles. The van der Waals surface area contributed by atoms with Crippen LogP contribution in [-0.4, -0.2) is 31.9 Å². The van der Waals surface area contributed by atoms with Crippen molar-refractivity contribution in [2.45, 2.75) is 37.5 Å². The normalized spacial score (nSPS) is 18.9. The van der Waals surface area contributed by atoms with Crippen molar-refractivity contribution in [2.24, 2.45) is 5.73 Å². The summed E-state index contributed by atoms with van der Waals surface area (Å²) in [6.07, 6.45) is 7.03. The first-order valence-electron chi connectivity index (χ1n) is 6.24. The first-order chi connectivity index (χ1) is 8.84. The predicted octanol–water partition coefficient (Wildman–Crippen LogP) is 1.02. The average Bonchev–Trinajstić information content (AvgIpc) is 3.10. The quantitative estimate of drug-likeness (QED) is 0.839. The number of rotatable bonds is 3. The SMILES string of the molecule is NCC1(c2nc(-c3ncn[nH]3)no2)CCCCC1. The molecule has 2 aromatic heterocycles. The van der Waals surface area contributed by atoms with Crippen LogP contribution < -0.4 is 5.73 Å². The van der Waals surface area contributed by atoms with Crippen LogP contribution in [0.2, 0.25) is 0 Å². The van der Waals surface area contributed by atoms with Gasteiger partial charge in [0.05, 0.1) is 5.41 Å².